The molecule has 2 aromatic rings. The summed E-state index contributed by atoms with van der Waals surface area (Å²) in [5, 5.41) is 0. The van der Waals surface area contributed by atoms with Gasteiger partial charge in [-0.25, -0.2) is 4.90 Å². The molecule has 24 heavy (non-hydrogen) atoms. The van der Waals surface area contributed by atoms with Crippen LogP contribution in [0.5, 0.6) is 0 Å². The normalized spacial score (nSPS) is 25.5. The van der Waals surface area contributed by atoms with Crippen LogP contribution in [0.4, 0.5) is 5.69 Å². The van der Waals surface area contributed by atoms with Crippen molar-refractivity contribution in [3.05, 3.63) is 65.7 Å². The molecule has 0 aromatic heterocycles. The third-order valence-corrected chi connectivity index (χ3v) is 4.96. The summed E-state index contributed by atoms with van der Waals surface area (Å²) >= 11 is 0. The average molecular weight is 321 g/mol. The highest BCUT2D eigenvalue weighted by molar-refractivity contribution is 6.22. The topological polar surface area (TPSA) is 46.6 Å². The van der Waals surface area contributed by atoms with Gasteiger partial charge in [-0.05, 0) is 36.6 Å². The zero-order valence-electron chi connectivity index (χ0n) is 13.5. The standard InChI is InChI=1S/C20H19NO3/c1-2-24-18-15-11-7-6-8-13(15)12-16-17(18)20(23)21(19(16)22)14-9-4-3-5-10-14/h3-11,16-18H,2,12H2,1H3. The van der Waals surface area contributed by atoms with Crippen molar-refractivity contribution < 1.29 is 14.3 Å². The molecular weight excluding hydrogens is 302 g/mol. The Morgan fingerprint density at radius 2 is 1.71 bits per heavy atom. The SMILES string of the molecule is CCOC1c2ccccc2CC2C(=O)N(c3ccccc3)C(=O)C21. The predicted octanol–water partition coefficient (Wildman–Crippen LogP) is 3.13. The molecule has 4 heteroatoms. The van der Waals surface area contributed by atoms with E-state index >= 15 is 0 Å². The van der Waals surface area contributed by atoms with E-state index in [1.165, 1.54) is 4.90 Å². The average Bonchev–Trinajstić information content (AvgIpc) is 2.86. The van der Waals surface area contributed by atoms with Gasteiger partial charge in [-0.1, -0.05) is 42.5 Å². The molecular formula is C20H19NO3. The minimum absolute atomic E-state index is 0.115. The Bertz CT molecular complexity index is 786. The van der Waals surface area contributed by atoms with E-state index in [-0.39, 0.29) is 23.8 Å². The highest BCUT2D eigenvalue weighted by atomic mass is 16.5. The number of hydrogen-bond donors (Lipinski definition) is 0. The van der Waals surface area contributed by atoms with Gasteiger partial charge in [-0.3, -0.25) is 9.59 Å². The van der Waals surface area contributed by atoms with Crippen molar-refractivity contribution in [3.8, 4) is 0 Å². The van der Waals surface area contributed by atoms with E-state index in [9.17, 15) is 9.59 Å². The number of imide groups is 1. The number of benzene rings is 2. The van der Waals surface area contributed by atoms with Crippen molar-refractivity contribution in [1.29, 1.82) is 0 Å². The largest absolute Gasteiger partial charge is 0.373 e. The maximum Gasteiger partial charge on any atom is 0.240 e. The lowest BCUT2D eigenvalue weighted by Gasteiger charge is -2.32. The minimum Gasteiger partial charge on any atom is -0.373 e. The predicted molar refractivity (Wildman–Crippen MR) is 90.4 cm³/mol. The Morgan fingerprint density at radius 3 is 2.46 bits per heavy atom. The number of carbonyl (C=O) groups excluding carboxylic acids is 2. The molecule has 0 radical (unpaired) electrons. The van der Waals surface area contributed by atoms with Gasteiger partial charge < -0.3 is 4.74 Å². The van der Waals surface area contributed by atoms with Crippen molar-refractivity contribution in [2.24, 2.45) is 11.8 Å². The summed E-state index contributed by atoms with van der Waals surface area (Å²) in [6.45, 7) is 2.43. The monoisotopic (exact) mass is 321 g/mol. The molecule has 0 saturated carbocycles. The molecule has 2 amide bonds. The van der Waals surface area contributed by atoms with E-state index in [2.05, 4.69) is 0 Å². The van der Waals surface area contributed by atoms with Crippen molar-refractivity contribution in [2.75, 3.05) is 11.5 Å². The summed E-state index contributed by atoms with van der Waals surface area (Å²) < 4.78 is 5.93. The fraction of sp³-hybridized carbons (Fsp3) is 0.300. The minimum atomic E-state index is -0.437. The van der Waals surface area contributed by atoms with Crippen LogP contribution >= 0.6 is 0 Å². The van der Waals surface area contributed by atoms with E-state index in [1.54, 1.807) is 12.1 Å². The molecule has 0 bridgehead atoms. The molecule has 1 aliphatic carbocycles. The summed E-state index contributed by atoms with van der Waals surface area (Å²) in [7, 11) is 0. The first kappa shape index (κ1) is 15.1. The second-order valence-electron chi connectivity index (χ2n) is 6.26. The van der Waals surface area contributed by atoms with E-state index < -0.39 is 5.92 Å². The van der Waals surface area contributed by atoms with Crippen molar-refractivity contribution in [2.45, 2.75) is 19.4 Å². The van der Waals surface area contributed by atoms with Gasteiger partial charge in [0.2, 0.25) is 11.8 Å². The third kappa shape index (κ3) is 2.18. The fourth-order valence-electron chi connectivity index (χ4n) is 3.94. The van der Waals surface area contributed by atoms with Crippen LogP contribution in [-0.4, -0.2) is 18.4 Å². The molecule has 0 N–H and O–H groups in total. The van der Waals surface area contributed by atoms with E-state index in [1.807, 2.05) is 49.4 Å². The number of hydrogen-bond acceptors (Lipinski definition) is 3. The van der Waals surface area contributed by atoms with Crippen molar-refractivity contribution in [3.63, 3.8) is 0 Å². The zero-order valence-corrected chi connectivity index (χ0v) is 13.5. The molecule has 122 valence electrons. The van der Waals surface area contributed by atoms with Crippen LogP contribution in [0.25, 0.3) is 0 Å². The molecule has 2 aromatic carbocycles. The number of anilines is 1. The van der Waals surface area contributed by atoms with Crippen LogP contribution in [0, 0.1) is 11.8 Å². The summed E-state index contributed by atoms with van der Waals surface area (Å²) in [5.74, 6) is -1.05. The van der Waals surface area contributed by atoms with Crippen LogP contribution < -0.4 is 4.90 Å². The first-order valence-electron chi connectivity index (χ1n) is 8.34. The van der Waals surface area contributed by atoms with E-state index in [0.29, 0.717) is 18.7 Å². The summed E-state index contributed by atoms with van der Waals surface area (Å²) in [6.07, 6.45) is 0.244. The van der Waals surface area contributed by atoms with Crippen molar-refractivity contribution in [1.82, 2.24) is 0 Å². The van der Waals surface area contributed by atoms with Gasteiger partial charge in [0.15, 0.2) is 0 Å². The van der Waals surface area contributed by atoms with Gasteiger partial charge in [-0.15, -0.1) is 0 Å². The molecule has 4 rings (SSSR count). The number of fused-ring (bicyclic) bond motifs is 2. The van der Waals surface area contributed by atoms with Gasteiger partial charge in [-0.2, -0.15) is 0 Å². The highest BCUT2D eigenvalue weighted by Crippen LogP contribution is 2.46. The maximum absolute atomic E-state index is 13.1. The molecule has 3 unspecified atom stereocenters. The lowest BCUT2D eigenvalue weighted by molar-refractivity contribution is -0.127. The summed E-state index contributed by atoms with van der Waals surface area (Å²) in [4.78, 5) is 27.4. The second-order valence-corrected chi connectivity index (χ2v) is 6.26. The smallest absolute Gasteiger partial charge is 0.240 e. The first-order valence-corrected chi connectivity index (χ1v) is 8.34. The van der Waals surface area contributed by atoms with Gasteiger partial charge in [0.05, 0.1) is 23.6 Å². The Hall–Kier alpha value is -2.46. The number of nitrogens with zero attached hydrogens (tertiary/aromatic N) is 1. The van der Waals surface area contributed by atoms with Crippen LogP contribution in [0.3, 0.4) is 0 Å². The van der Waals surface area contributed by atoms with Crippen LogP contribution in [-0.2, 0) is 20.7 Å². The molecule has 1 saturated heterocycles. The Balaban J connectivity index is 1.78. The first-order chi connectivity index (χ1) is 11.7. The lowest BCUT2D eigenvalue weighted by Crippen LogP contribution is -2.33. The van der Waals surface area contributed by atoms with Gasteiger partial charge in [0.1, 0.15) is 0 Å². The molecule has 2 aliphatic rings. The Morgan fingerprint density at radius 1 is 1.00 bits per heavy atom. The molecule has 1 fully saturated rings. The van der Waals surface area contributed by atoms with Gasteiger partial charge in [0, 0.05) is 6.61 Å². The fourth-order valence-corrected chi connectivity index (χ4v) is 3.94. The Kier molecular flexibility index (Phi) is 3.69. The second kappa shape index (κ2) is 5.87. The molecule has 0 spiro atoms. The maximum atomic E-state index is 13.1. The van der Waals surface area contributed by atoms with Gasteiger partial charge in [0.25, 0.3) is 0 Å². The van der Waals surface area contributed by atoms with E-state index in [0.717, 1.165) is 11.1 Å². The molecule has 4 nitrogen and oxygen atoms in total. The van der Waals surface area contributed by atoms with Crippen molar-refractivity contribution >= 4 is 17.5 Å². The Labute approximate surface area is 141 Å². The summed E-state index contributed by atoms with van der Waals surface area (Å²) in [6, 6.07) is 17.1. The molecule has 1 heterocycles. The zero-order chi connectivity index (χ0) is 16.7. The number of ether oxygens (including phenoxy) is 1. The van der Waals surface area contributed by atoms with Gasteiger partial charge >= 0.3 is 0 Å². The number of carbonyl (C=O) groups is 2. The summed E-state index contributed by atoms with van der Waals surface area (Å²) in [5.41, 5.74) is 2.78. The lowest BCUT2D eigenvalue weighted by atomic mass is 9.75. The number of rotatable bonds is 3. The van der Waals surface area contributed by atoms with Crippen LogP contribution in [0.1, 0.15) is 24.2 Å². The quantitative estimate of drug-likeness (QED) is 0.816. The number of amides is 2. The van der Waals surface area contributed by atoms with E-state index in [4.69, 9.17) is 4.74 Å². The third-order valence-electron chi connectivity index (χ3n) is 4.96. The molecule has 1 aliphatic heterocycles. The number of para-hydroxylation sites is 1. The highest BCUT2D eigenvalue weighted by Gasteiger charge is 2.54. The van der Waals surface area contributed by atoms with Crippen LogP contribution in [0.2, 0.25) is 0 Å². The molecule has 3 atom stereocenters. The van der Waals surface area contributed by atoms with Crippen LogP contribution in [0.15, 0.2) is 54.6 Å².